The fraction of sp³-hybridized carbons (Fsp3) is 0. The van der Waals surface area contributed by atoms with Crippen LogP contribution in [0.2, 0.25) is 5.02 Å². The van der Waals surface area contributed by atoms with Crippen molar-refractivity contribution in [1.29, 1.82) is 0 Å². The third-order valence-electron chi connectivity index (χ3n) is 2.02. The van der Waals surface area contributed by atoms with Crippen LogP contribution in [0.5, 0.6) is 0 Å². The van der Waals surface area contributed by atoms with Crippen LogP contribution in [0, 0.1) is 0 Å². The highest BCUT2D eigenvalue weighted by Gasteiger charge is 2.10. The van der Waals surface area contributed by atoms with Gasteiger partial charge in [0.1, 0.15) is 5.58 Å². The van der Waals surface area contributed by atoms with Crippen LogP contribution in [-0.2, 0) is 0 Å². The Labute approximate surface area is 108 Å². The van der Waals surface area contributed by atoms with Crippen molar-refractivity contribution in [2.45, 2.75) is 0 Å². The maximum Gasteiger partial charge on any atom is 0.151 e. The summed E-state index contributed by atoms with van der Waals surface area (Å²) in [4.78, 5) is 0. The zero-order valence-corrected chi connectivity index (χ0v) is 9.51. The molecule has 3 rings (SSSR count). The van der Waals surface area contributed by atoms with E-state index in [4.69, 9.17) is 24.2 Å². The van der Waals surface area contributed by atoms with Gasteiger partial charge < -0.3 is 4.42 Å². The van der Waals surface area contributed by atoms with E-state index in [0.29, 0.717) is 0 Å². The van der Waals surface area contributed by atoms with Crippen LogP contribution >= 0.6 is 27.5 Å². The number of para-hydroxylation sites is 1. The molecule has 0 aliphatic heterocycles. The molecule has 1 nitrogen and oxygen atoms in total. The van der Waals surface area contributed by atoms with Gasteiger partial charge in [-0.3, -0.25) is 0 Å². The molecule has 0 radical (unpaired) electrons. The highest BCUT2D eigenvalue weighted by molar-refractivity contribution is 9.10. The van der Waals surface area contributed by atoms with E-state index < -0.39 is 12.1 Å². The number of benzene rings is 2. The normalized spacial score (nSPS) is 16.9. The van der Waals surface area contributed by atoms with Gasteiger partial charge in [0.25, 0.3) is 0 Å². The van der Waals surface area contributed by atoms with Gasteiger partial charge in [-0.15, -0.1) is 0 Å². The van der Waals surface area contributed by atoms with E-state index in [2.05, 4.69) is 15.9 Å². The molecule has 0 unspecified atom stereocenters. The minimum absolute atomic E-state index is 0.00168. The van der Waals surface area contributed by atoms with E-state index in [9.17, 15) is 0 Å². The number of halogens is 2. The Hall–Kier alpha value is -0.990. The molecular weight excluding hydrogens is 275 g/mol. The second-order valence-corrected chi connectivity index (χ2v) is 4.06. The molecule has 1 aromatic heterocycles. The summed E-state index contributed by atoms with van der Waals surface area (Å²) in [6.45, 7) is 0. The second-order valence-electron chi connectivity index (χ2n) is 2.89. The van der Waals surface area contributed by atoms with Gasteiger partial charge in [0.05, 0.1) is 17.7 Å². The first kappa shape index (κ1) is 4.89. The van der Waals surface area contributed by atoms with Gasteiger partial charge in [-0.05, 0) is 34.1 Å². The van der Waals surface area contributed by atoms with E-state index >= 15 is 0 Å². The quantitative estimate of drug-likeness (QED) is 0.567. The standard InChI is InChI=1S/C12H6BrClO/c13-11-9(14)6-5-8-7-3-1-2-4-10(7)15-12(8)11/h1-6H/i1D,2D,3D,4D,5D,6D. The highest BCUT2D eigenvalue weighted by Crippen LogP contribution is 2.36. The van der Waals surface area contributed by atoms with Crippen molar-refractivity contribution in [3.63, 3.8) is 0 Å². The average Bonchev–Trinajstić information content (AvgIpc) is 2.87. The summed E-state index contributed by atoms with van der Waals surface area (Å²) >= 11 is 9.13. The van der Waals surface area contributed by atoms with Crippen LogP contribution in [-0.4, -0.2) is 0 Å². The minimum atomic E-state index is -0.411. The lowest BCUT2D eigenvalue weighted by molar-refractivity contribution is 0.667. The zero-order chi connectivity index (χ0) is 15.6. The van der Waals surface area contributed by atoms with Crippen molar-refractivity contribution in [3.8, 4) is 0 Å². The van der Waals surface area contributed by atoms with Gasteiger partial charge in [0, 0.05) is 10.8 Å². The van der Waals surface area contributed by atoms with Crippen LogP contribution in [0.3, 0.4) is 0 Å². The Bertz CT molecular complexity index is 861. The first-order chi connectivity index (χ1) is 9.77. The molecule has 0 aliphatic carbocycles. The molecule has 0 atom stereocenters. The highest BCUT2D eigenvalue weighted by atomic mass is 79.9. The maximum absolute atomic E-state index is 8.01. The monoisotopic (exact) mass is 286 g/mol. The molecule has 2 aromatic carbocycles. The zero-order valence-electron chi connectivity index (χ0n) is 13.2. The van der Waals surface area contributed by atoms with Crippen LogP contribution in [0.1, 0.15) is 8.22 Å². The number of hydrogen-bond donors (Lipinski definition) is 0. The number of rotatable bonds is 0. The Kier molecular flexibility index (Phi) is 1.06. The van der Waals surface area contributed by atoms with Gasteiger partial charge in [-0.1, -0.05) is 29.7 Å². The van der Waals surface area contributed by atoms with E-state index in [-0.39, 0.29) is 55.6 Å². The minimum Gasteiger partial charge on any atom is -0.455 e. The van der Waals surface area contributed by atoms with E-state index in [1.54, 1.807) is 0 Å². The SMILES string of the molecule is [2H]c1c([2H])c([2H])c2c(oc3c(Br)c(Cl)c([2H])c([2H])c32)c1[2H]. The number of hydrogen-bond acceptors (Lipinski definition) is 1. The molecular formula is C12H6BrClO. The van der Waals surface area contributed by atoms with Crippen molar-refractivity contribution < 1.29 is 12.6 Å². The summed E-state index contributed by atoms with van der Waals surface area (Å²) in [5, 5.41) is 0.243. The molecule has 74 valence electrons. The lowest BCUT2D eigenvalue weighted by Crippen LogP contribution is -1.70. The third kappa shape index (κ3) is 1.29. The molecule has 3 heteroatoms. The predicted molar refractivity (Wildman–Crippen MR) is 66.4 cm³/mol. The molecule has 15 heavy (non-hydrogen) atoms. The van der Waals surface area contributed by atoms with Crippen molar-refractivity contribution >= 4 is 49.5 Å². The fourth-order valence-electron chi connectivity index (χ4n) is 1.37. The maximum atomic E-state index is 8.01. The predicted octanol–water partition coefficient (Wildman–Crippen LogP) is 5.00. The van der Waals surface area contributed by atoms with Gasteiger partial charge in [0.2, 0.25) is 0 Å². The molecule has 0 aliphatic rings. The first-order valence-corrected chi connectivity index (χ1v) is 5.21. The summed E-state index contributed by atoms with van der Waals surface area (Å²) in [5.74, 6) is 0. The lowest BCUT2D eigenvalue weighted by Gasteiger charge is -1.94. The van der Waals surface area contributed by atoms with Gasteiger partial charge in [-0.25, -0.2) is 0 Å². The van der Waals surface area contributed by atoms with Crippen LogP contribution in [0.4, 0.5) is 0 Å². The molecule has 0 fully saturated rings. The molecule has 0 saturated carbocycles. The van der Waals surface area contributed by atoms with Gasteiger partial charge in [-0.2, -0.15) is 0 Å². The van der Waals surface area contributed by atoms with Crippen molar-refractivity contribution in [2.75, 3.05) is 0 Å². The van der Waals surface area contributed by atoms with Crippen LogP contribution < -0.4 is 0 Å². The van der Waals surface area contributed by atoms with Crippen molar-refractivity contribution in [1.82, 2.24) is 0 Å². The molecule has 1 heterocycles. The summed E-state index contributed by atoms with van der Waals surface area (Å²) in [5.41, 5.74) is 0.0925. The molecule has 3 aromatic rings. The molecule has 0 bridgehead atoms. The van der Waals surface area contributed by atoms with Crippen molar-refractivity contribution in [2.24, 2.45) is 0 Å². The summed E-state index contributed by atoms with van der Waals surface area (Å²) in [7, 11) is 0. The van der Waals surface area contributed by atoms with E-state index in [1.807, 2.05) is 0 Å². The summed E-state index contributed by atoms with van der Waals surface area (Å²) < 4.78 is 52.8. The van der Waals surface area contributed by atoms with Gasteiger partial charge >= 0.3 is 0 Å². The van der Waals surface area contributed by atoms with Crippen molar-refractivity contribution in [3.05, 3.63) is 45.7 Å². The summed E-state index contributed by atoms with van der Waals surface area (Å²) in [6.07, 6.45) is 0. The van der Waals surface area contributed by atoms with Crippen LogP contribution in [0.15, 0.2) is 45.1 Å². The molecule has 0 saturated heterocycles. The Morgan fingerprint density at radius 2 is 1.93 bits per heavy atom. The lowest BCUT2D eigenvalue weighted by atomic mass is 10.1. The average molecular weight is 288 g/mol. The summed E-state index contributed by atoms with van der Waals surface area (Å²) in [6, 6.07) is -1.91. The Morgan fingerprint density at radius 3 is 2.80 bits per heavy atom. The molecule has 0 N–H and O–H groups in total. The van der Waals surface area contributed by atoms with Crippen LogP contribution in [0.25, 0.3) is 21.9 Å². The number of fused-ring (bicyclic) bond motifs is 3. The Balaban J connectivity index is 2.73. The smallest absolute Gasteiger partial charge is 0.151 e. The third-order valence-corrected chi connectivity index (χ3v) is 3.29. The molecule has 0 spiro atoms. The Morgan fingerprint density at radius 1 is 1.13 bits per heavy atom. The number of furan rings is 1. The van der Waals surface area contributed by atoms with E-state index in [1.165, 1.54) is 0 Å². The molecule has 0 amide bonds. The topological polar surface area (TPSA) is 13.1 Å². The fourth-order valence-corrected chi connectivity index (χ4v) is 1.88. The first-order valence-electron chi connectivity index (χ1n) is 7.04. The van der Waals surface area contributed by atoms with Gasteiger partial charge in [0.15, 0.2) is 5.58 Å². The largest absolute Gasteiger partial charge is 0.455 e. The van der Waals surface area contributed by atoms with E-state index in [0.717, 1.165) is 0 Å². The second kappa shape index (κ2) is 3.26.